The van der Waals surface area contributed by atoms with Crippen molar-refractivity contribution in [2.75, 3.05) is 12.4 Å². The number of hydrogen-bond acceptors (Lipinski definition) is 2. The highest BCUT2D eigenvalue weighted by atomic mass is 15.2. The van der Waals surface area contributed by atoms with Crippen LogP contribution >= 0.6 is 0 Å². The molecule has 0 aromatic heterocycles. The summed E-state index contributed by atoms with van der Waals surface area (Å²) in [6.07, 6.45) is 0. The van der Waals surface area contributed by atoms with Crippen molar-refractivity contribution in [1.29, 1.82) is 0 Å². The molecule has 9 N–H and O–H groups in total. The van der Waals surface area contributed by atoms with Crippen LogP contribution in [0.3, 0.4) is 0 Å². The fraction of sp³-hybridized carbons (Fsp3) is 0.231. The van der Waals surface area contributed by atoms with Gasteiger partial charge in [-0.05, 0) is 37.6 Å². The van der Waals surface area contributed by atoms with E-state index >= 15 is 0 Å². The smallest absolute Gasteiger partial charge is 0.222 e. The van der Waals surface area contributed by atoms with Crippen LogP contribution < -0.4 is 28.3 Å². The number of aliphatic imine (C=N–C) groups is 4. The van der Waals surface area contributed by atoms with Crippen molar-refractivity contribution < 1.29 is 0 Å². The number of rotatable bonds is 2. The lowest BCUT2D eigenvalue weighted by Gasteiger charge is -2.08. The molecule has 1 aromatic rings. The number of nitrogens with zero attached hydrogens (tertiary/aromatic N) is 4. The van der Waals surface area contributed by atoms with Gasteiger partial charge in [-0.3, -0.25) is 4.99 Å². The van der Waals surface area contributed by atoms with Crippen LogP contribution in [-0.4, -0.2) is 30.8 Å². The van der Waals surface area contributed by atoms with Gasteiger partial charge in [0.15, 0.2) is 0 Å². The zero-order valence-corrected chi connectivity index (χ0v) is 12.8. The van der Waals surface area contributed by atoms with Gasteiger partial charge >= 0.3 is 0 Å². The SMILES string of the molecule is CN=C(N)N=C(N)Nc1ccc(N=C(N)N=C(C)N)c(C)c1. The molecule has 1 aromatic carbocycles. The predicted molar refractivity (Wildman–Crippen MR) is 92.5 cm³/mol. The maximum absolute atomic E-state index is 5.70. The number of hydrogen-bond donors (Lipinski definition) is 5. The summed E-state index contributed by atoms with van der Waals surface area (Å²) in [5.41, 5.74) is 24.6. The molecule has 0 radical (unpaired) electrons. The van der Waals surface area contributed by atoms with Crippen molar-refractivity contribution in [2.24, 2.45) is 42.9 Å². The zero-order chi connectivity index (χ0) is 16.7. The van der Waals surface area contributed by atoms with Crippen LogP contribution in [0.5, 0.6) is 0 Å². The molecule has 0 aliphatic carbocycles. The van der Waals surface area contributed by atoms with Gasteiger partial charge in [-0.25, -0.2) is 9.98 Å². The van der Waals surface area contributed by atoms with E-state index in [1.807, 2.05) is 13.0 Å². The Bertz CT molecular complexity index is 651. The highest BCUT2D eigenvalue weighted by molar-refractivity contribution is 6.00. The molecule has 0 saturated heterocycles. The Morgan fingerprint density at radius 1 is 1.05 bits per heavy atom. The van der Waals surface area contributed by atoms with Gasteiger partial charge in [0.2, 0.25) is 17.9 Å². The van der Waals surface area contributed by atoms with Crippen LogP contribution in [0, 0.1) is 6.92 Å². The average Bonchev–Trinajstić information content (AvgIpc) is 2.40. The molecule has 22 heavy (non-hydrogen) atoms. The Labute approximate surface area is 128 Å². The summed E-state index contributed by atoms with van der Waals surface area (Å²) in [4.78, 5) is 15.6. The molecule has 9 heteroatoms. The normalized spacial score (nSPS) is 14.1. The Balaban J connectivity index is 2.95. The second kappa shape index (κ2) is 7.62. The van der Waals surface area contributed by atoms with E-state index in [-0.39, 0.29) is 17.9 Å². The minimum Gasteiger partial charge on any atom is -0.387 e. The monoisotopic (exact) mass is 303 g/mol. The van der Waals surface area contributed by atoms with Crippen molar-refractivity contribution in [3.05, 3.63) is 23.8 Å². The number of nitrogens with two attached hydrogens (primary N) is 4. The van der Waals surface area contributed by atoms with Gasteiger partial charge in [0.1, 0.15) is 0 Å². The third-order valence-electron chi connectivity index (χ3n) is 2.46. The molecule has 0 fully saturated rings. The zero-order valence-electron chi connectivity index (χ0n) is 12.8. The van der Waals surface area contributed by atoms with Crippen molar-refractivity contribution >= 4 is 35.1 Å². The summed E-state index contributed by atoms with van der Waals surface area (Å²) in [6.45, 7) is 3.52. The Morgan fingerprint density at radius 3 is 2.27 bits per heavy atom. The molecule has 0 bridgehead atoms. The first-order valence-corrected chi connectivity index (χ1v) is 6.41. The molecule has 0 heterocycles. The molecule has 0 unspecified atom stereocenters. The molecule has 0 aliphatic rings. The summed E-state index contributed by atoms with van der Waals surface area (Å²) >= 11 is 0. The van der Waals surface area contributed by atoms with E-state index in [1.54, 1.807) is 19.1 Å². The largest absolute Gasteiger partial charge is 0.387 e. The Kier molecular flexibility index (Phi) is 5.87. The van der Waals surface area contributed by atoms with Crippen LogP contribution in [-0.2, 0) is 0 Å². The summed E-state index contributed by atoms with van der Waals surface area (Å²) in [5, 5.41) is 2.90. The average molecular weight is 303 g/mol. The van der Waals surface area contributed by atoms with Gasteiger partial charge in [0, 0.05) is 12.7 Å². The third kappa shape index (κ3) is 5.49. The molecule has 0 saturated carbocycles. The first kappa shape index (κ1) is 17.0. The molecule has 0 atom stereocenters. The van der Waals surface area contributed by atoms with Crippen molar-refractivity contribution in [3.8, 4) is 0 Å². The van der Waals surface area contributed by atoms with E-state index in [2.05, 4.69) is 25.3 Å². The van der Waals surface area contributed by atoms with Crippen LogP contribution in [0.25, 0.3) is 0 Å². The number of nitrogens with one attached hydrogen (secondary N) is 1. The lowest BCUT2D eigenvalue weighted by molar-refractivity contribution is 1.33. The number of anilines is 1. The highest BCUT2D eigenvalue weighted by Gasteiger charge is 2.02. The molecular formula is C13H21N9. The first-order valence-electron chi connectivity index (χ1n) is 6.41. The van der Waals surface area contributed by atoms with E-state index in [9.17, 15) is 0 Å². The second-order valence-electron chi connectivity index (χ2n) is 4.43. The van der Waals surface area contributed by atoms with Crippen molar-refractivity contribution in [3.63, 3.8) is 0 Å². The fourth-order valence-corrected chi connectivity index (χ4v) is 1.54. The minimum absolute atomic E-state index is 0.0886. The lowest BCUT2D eigenvalue weighted by Crippen LogP contribution is -2.26. The summed E-state index contributed by atoms with van der Waals surface area (Å²) in [7, 11) is 1.53. The Morgan fingerprint density at radius 2 is 1.73 bits per heavy atom. The van der Waals surface area contributed by atoms with Crippen molar-refractivity contribution in [2.45, 2.75) is 13.8 Å². The first-order chi connectivity index (χ1) is 10.3. The predicted octanol–water partition coefficient (Wildman–Crippen LogP) is -0.0106. The van der Waals surface area contributed by atoms with E-state index in [1.165, 1.54) is 7.05 Å². The van der Waals surface area contributed by atoms with Crippen LogP contribution in [0.4, 0.5) is 11.4 Å². The van der Waals surface area contributed by atoms with Gasteiger partial charge in [0.25, 0.3) is 0 Å². The van der Waals surface area contributed by atoms with Gasteiger partial charge in [-0.15, -0.1) is 0 Å². The number of aryl methyl sites for hydroxylation is 1. The van der Waals surface area contributed by atoms with Crippen LogP contribution in [0.15, 0.2) is 38.2 Å². The van der Waals surface area contributed by atoms with Crippen LogP contribution in [0.1, 0.15) is 12.5 Å². The summed E-state index contributed by atoms with van der Waals surface area (Å²) in [5.74, 6) is 0.667. The highest BCUT2D eigenvalue weighted by Crippen LogP contribution is 2.22. The molecule has 0 spiro atoms. The van der Waals surface area contributed by atoms with Gasteiger partial charge in [0.05, 0.1) is 11.5 Å². The number of guanidine groups is 3. The molecular weight excluding hydrogens is 282 g/mol. The Hall–Kier alpha value is -3.10. The minimum atomic E-state index is 0.0886. The standard InChI is InChI=1S/C13H21N9/c1-7-6-9(20-13(17)22-11(15)18-3)4-5-10(7)21-12(16)19-8(2)14/h4-6H,1-3H3,(H4,14,16,19,21)(H5,15,17,18,20,22). The summed E-state index contributed by atoms with van der Waals surface area (Å²) in [6, 6.07) is 5.39. The van der Waals surface area contributed by atoms with Gasteiger partial charge in [-0.1, -0.05) is 0 Å². The third-order valence-corrected chi connectivity index (χ3v) is 2.46. The quantitative estimate of drug-likeness (QED) is 0.382. The molecule has 0 aliphatic heterocycles. The van der Waals surface area contributed by atoms with E-state index < -0.39 is 0 Å². The second-order valence-corrected chi connectivity index (χ2v) is 4.43. The van der Waals surface area contributed by atoms with E-state index in [0.29, 0.717) is 11.5 Å². The molecule has 118 valence electrons. The topological polar surface area (TPSA) is 166 Å². The molecule has 0 amide bonds. The fourth-order valence-electron chi connectivity index (χ4n) is 1.54. The van der Waals surface area contributed by atoms with Crippen molar-refractivity contribution in [1.82, 2.24) is 0 Å². The molecule has 9 nitrogen and oxygen atoms in total. The number of amidine groups is 1. The maximum Gasteiger partial charge on any atom is 0.222 e. The van der Waals surface area contributed by atoms with E-state index in [4.69, 9.17) is 22.9 Å². The van der Waals surface area contributed by atoms with Gasteiger partial charge < -0.3 is 28.3 Å². The van der Waals surface area contributed by atoms with Gasteiger partial charge in [-0.2, -0.15) is 4.99 Å². The summed E-state index contributed by atoms with van der Waals surface area (Å²) < 4.78 is 0. The maximum atomic E-state index is 5.70. The van der Waals surface area contributed by atoms with E-state index in [0.717, 1.165) is 11.3 Å². The van der Waals surface area contributed by atoms with Crippen LogP contribution in [0.2, 0.25) is 0 Å². The number of benzene rings is 1. The molecule has 1 rings (SSSR count). The lowest BCUT2D eigenvalue weighted by atomic mass is 10.2.